The third kappa shape index (κ3) is 6.42. The predicted molar refractivity (Wildman–Crippen MR) is 76.2 cm³/mol. The van der Waals surface area contributed by atoms with Crippen LogP contribution in [-0.4, -0.2) is 30.6 Å². The zero-order valence-corrected chi connectivity index (χ0v) is 12.3. The SMILES string of the molecule is CN(CCC(N)CC(C)(C)C)C1CCCCC1. The molecule has 1 aliphatic rings. The van der Waals surface area contributed by atoms with Gasteiger partial charge >= 0.3 is 0 Å². The summed E-state index contributed by atoms with van der Waals surface area (Å²) in [7, 11) is 2.28. The minimum atomic E-state index is 0.362. The summed E-state index contributed by atoms with van der Waals surface area (Å²) in [5, 5.41) is 0. The molecule has 2 N–H and O–H groups in total. The summed E-state index contributed by atoms with van der Waals surface area (Å²) in [6.45, 7) is 8.00. The Hall–Kier alpha value is -0.0800. The zero-order chi connectivity index (χ0) is 12.9. The molecule has 0 amide bonds. The van der Waals surface area contributed by atoms with Crippen LogP contribution >= 0.6 is 0 Å². The third-order valence-electron chi connectivity index (χ3n) is 3.93. The van der Waals surface area contributed by atoms with Crippen LogP contribution in [0.3, 0.4) is 0 Å². The number of nitrogens with zero attached hydrogens (tertiary/aromatic N) is 1. The van der Waals surface area contributed by atoms with E-state index in [0.717, 1.165) is 18.9 Å². The lowest BCUT2D eigenvalue weighted by Gasteiger charge is -2.32. The summed E-state index contributed by atoms with van der Waals surface area (Å²) in [4.78, 5) is 2.54. The molecule has 0 radical (unpaired) electrons. The molecule has 1 fully saturated rings. The Kier molecular flexibility index (Phi) is 5.94. The van der Waals surface area contributed by atoms with E-state index in [2.05, 4.69) is 32.7 Å². The normalized spacial score (nSPS) is 20.8. The van der Waals surface area contributed by atoms with Gasteiger partial charge in [-0.25, -0.2) is 0 Å². The number of hydrogen-bond acceptors (Lipinski definition) is 2. The minimum Gasteiger partial charge on any atom is -0.328 e. The van der Waals surface area contributed by atoms with Crippen LogP contribution in [0.4, 0.5) is 0 Å². The van der Waals surface area contributed by atoms with E-state index in [1.807, 2.05) is 0 Å². The monoisotopic (exact) mass is 240 g/mol. The van der Waals surface area contributed by atoms with Gasteiger partial charge in [0.1, 0.15) is 0 Å². The second-order valence-electron chi connectivity index (χ2n) is 7.09. The van der Waals surface area contributed by atoms with Crippen molar-refractivity contribution in [3.63, 3.8) is 0 Å². The maximum Gasteiger partial charge on any atom is 0.00922 e. The van der Waals surface area contributed by atoms with Gasteiger partial charge in [-0.2, -0.15) is 0 Å². The molecule has 2 heteroatoms. The van der Waals surface area contributed by atoms with Gasteiger partial charge in [0.25, 0.3) is 0 Å². The highest BCUT2D eigenvalue weighted by atomic mass is 15.1. The molecule has 1 unspecified atom stereocenters. The van der Waals surface area contributed by atoms with E-state index in [4.69, 9.17) is 5.73 Å². The quantitative estimate of drug-likeness (QED) is 0.798. The van der Waals surface area contributed by atoms with Crippen molar-refractivity contribution in [3.05, 3.63) is 0 Å². The topological polar surface area (TPSA) is 29.3 Å². The van der Waals surface area contributed by atoms with Crippen molar-refractivity contribution in [2.75, 3.05) is 13.6 Å². The van der Waals surface area contributed by atoms with Crippen LogP contribution in [0.2, 0.25) is 0 Å². The summed E-state index contributed by atoms with van der Waals surface area (Å²) in [6.07, 6.45) is 9.34. The Labute approximate surface area is 108 Å². The maximum absolute atomic E-state index is 6.21. The number of hydrogen-bond donors (Lipinski definition) is 1. The van der Waals surface area contributed by atoms with Crippen LogP contribution in [0.1, 0.15) is 65.7 Å². The molecule has 0 aromatic rings. The molecule has 1 rings (SSSR count). The lowest BCUT2D eigenvalue weighted by molar-refractivity contribution is 0.181. The van der Waals surface area contributed by atoms with Crippen LogP contribution in [0.5, 0.6) is 0 Å². The highest BCUT2D eigenvalue weighted by molar-refractivity contribution is 4.76. The van der Waals surface area contributed by atoms with Gasteiger partial charge in [-0.1, -0.05) is 40.0 Å². The fourth-order valence-electron chi connectivity index (χ4n) is 2.96. The Bertz CT molecular complexity index is 201. The average Bonchev–Trinajstić information content (AvgIpc) is 2.25. The average molecular weight is 240 g/mol. The first-order valence-corrected chi connectivity index (χ1v) is 7.34. The molecule has 0 heterocycles. The van der Waals surface area contributed by atoms with Crippen LogP contribution in [0, 0.1) is 5.41 Å². The van der Waals surface area contributed by atoms with Gasteiger partial charge in [0.2, 0.25) is 0 Å². The van der Waals surface area contributed by atoms with Crippen LogP contribution < -0.4 is 5.73 Å². The molecule has 17 heavy (non-hydrogen) atoms. The van der Waals surface area contributed by atoms with Crippen molar-refractivity contribution in [1.29, 1.82) is 0 Å². The van der Waals surface area contributed by atoms with Gasteiger partial charge in [0.15, 0.2) is 0 Å². The van der Waals surface area contributed by atoms with Crippen LogP contribution in [0.25, 0.3) is 0 Å². The van der Waals surface area contributed by atoms with E-state index < -0.39 is 0 Å². The predicted octanol–water partition coefficient (Wildman–Crippen LogP) is 3.40. The van der Waals surface area contributed by atoms with Crippen molar-refractivity contribution in [1.82, 2.24) is 4.90 Å². The summed E-state index contributed by atoms with van der Waals surface area (Å²) in [5.74, 6) is 0. The van der Waals surface area contributed by atoms with Crippen molar-refractivity contribution >= 4 is 0 Å². The highest BCUT2D eigenvalue weighted by Gasteiger charge is 2.20. The Morgan fingerprint density at radius 3 is 2.29 bits per heavy atom. The fraction of sp³-hybridized carbons (Fsp3) is 1.00. The van der Waals surface area contributed by atoms with Crippen molar-refractivity contribution in [3.8, 4) is 0 Å². The summed E-state index contributed by atoms with van der Waals surface area (Å²) in [6, 6.07) is 1.19. The molecule has 2 nitrogen and oxygen atoms in total. The van der Waals surface area contributed by atoms with Gasteiger partial charge < -0.3 is 10.6 Å². The third-order valence-corrected chi connectivity index (χ3v) is 3.93. The fourth-order valence-corrected chi connectivity index (χ4v) is 2.96. The second-order valence-corrected chi connectivity index (χ2v) is 7.09. The molecule has 1 saturated carbocycles. The highest BCUT2D eigenvalue weighted by Crippen LogP contribution is 2.23. The van der Waals surface area contributed by atoms with E-state index in [0.29, 0.717) is 11.5 Å². The molecule has 1 atom stereocenters. The second kappa shape index (κ2) is 6.75. The molecule has 0 saturated heterocycles. The zero-order valence-electron chi connectivity index (χ0n) is 12.3. The Morgan fingerprint density at radius 2 is 1.76 bits per heavy atom. The lowest BCUT2D eigenvalue weighted by Crippen LogP contribution is -2.37. The van der Waals surface area contributed by atoms with Crippen molar-refractivity contribution in [2.45, 2.75) is 77.8 Å². The van der Waals surface area contributed by atoms with Gasteiger partial charge in [-0.3, -0.25) is 0 Å². The number of rotatable bonds is 5. The molecule has 0 aromatic heterocycles. The van der Waals surface area contributed by atoms with Gasteiger partial charge in [0, 0.05) is 12.1 Å². The first kappa shape index (κ1) is 15.0. The lowest BCUT2D eigenvalue weighted by atomic mass is 9.87. The molecule has 0 aromatic carbocycles. The van der Waals surface area contributed by atoms with E-state index in [9.17, 15) is 0 Å². The Balaban J connectivity index is 2.20. The minimum absolute atomic E-state index is 0.362. The molecule has 0 aliphatic heterocycles. The van der Waals surface area contributed by atoms with E-state index in [-0.39, 0.29) is 0 Å². The summed E-state index contributed by atoms with van der Waals surface area (Å²) in [5.41, 5.74) is 6.57. The maximum atomic E-state index is 6.21. The molecule has 102 valence electrons. The summed E-state index contributed by atoms with van der Waals surface area (Å²) >= 11 is 0. The molecule has 0 bridgehead atoms. The number of nitrogens with two attached hydrogens (primary N) is 1. The Morgan fingerprint density at radius 1 is 1.18 bits per heavy atom. The molecule has 1 aliphatic carbocycles. The molecule has 0 spiro atoms. The van der Waals surface area contributed by atoms with Crippen LogP contribution in [-0.2, 0) is 0 Å². The van der Waals surface area contributed by atoms with Crippen molar-refractivity contribution < 1.29 is 0 Å². The van der Waals surface area contributed by atoms with Crippen LogP contribution in [0.15, 0.2) is 0 Å². The molecular weight excluding hydrogens is 208 g/mol. The van der Waals surface area contributed by atoms with E-state index >= 15 is 0 Å². The van der Waals surface area contributed by atoms with Gasteiger partial charge in [0.05, 0.1) is 0 Å². The first-order chi connectivity index (χ1) is 7.88. The van der Waals surface area contributed by atoms with E-state index in [1.165, 1.54) is 38.6 Å². The summed E-state index contributed by atoms with van der Waals surface area (Å²) < 4.78 is 0. The van der Waals surface area contributed by atoms with Gasteiger partial charge in [-0.15, -0.1) is 0 Å². The molecular formula is C15H32N2. The smallest absolute Gasteiger partial charge is 0.00922 e. The van der Waals surface area contributed by atoms with Crippen molar-refractivity contribution in [2.24, 2.45) is 11.1 Å². The standard InChI is InChI=1S/C15H32N2/c1-15(2,3)12-13(16)10-11-17(4)14-8-6-5-7-9-14/h13-14H,5-12,16H2,1-4H3. The van der Waals surface area contributed by atoms with E-state index in [1.54, 1.807) is 0 Å². The first-order valence-electron chi connectivity index (χ1n) is 7.34. The van der Waals surface area contributed by atoms with Gasteiger partial charge in [-0.05, 0) is 44.7 Å². The largest absolute Gasteiger partial charge is 0.328 e.